The number of benzene rings is 2. The first-order valence-corrected chi connectivity index (χ1v) is 7.47. The molecule has 0 aliphatic carbocycles. The Kier molecular flexibility index (Phi) is 4.43. The molecule has 0 bridgehead atoms. The number of fused-ring (bicyclic) bond motifs is 1. The van der Waals surface area contributed by atoms with Crippen molar-refractivity contribution in [2.24, 2.45) is 0 Å². The molecule has 0 aromatic heterocycles. The fourth-order valence-corrected chi connectivity index (χ4v) is 2.33. The Bertz CT molecular complexity index is 793. The maximum absolute atomic E-state index is 12.7. The molecule has 0 radical (unpaired) electrons. The zero-order valence-corrected chi connectivity index (χ0v) is 13.2. The summed E-state index contributed by atoms with van der Waals surface area (Å²) in [5, 5.41) is 5.44. The number of nitrogens with one attached hydrogen (secondary N) is 2. The van der Waals surface area contributed by atoms with Crippen molar-refractivity contribution in [3.8, 4) is 11.5 Å². The number of ether oxygens (including phenoxy) is 2. The number of halogens is 3. The van der Waals surface area contributed by atoms with E-state index in [4.69, 9.17) is 9.47 Å². The highest BCUT2D eigenvalue weighted by molar-refractivity contribution is 5.96. The summed E-state index contributed by atoms with van der Waals surface area (Å²) in [7, 11) is 0. The van der Waals surface area contributed by atoms with Gasteiger partial charge in [-0.3, -0.25) is 4.79 Å². The lowest BCUT2D eigenvalue weighted by molar-refractivity contribution is -0.137. The van der Waals surface area contributed by atoms with Gasteiger partial charge in [-0.1, -0.05) is 6.07 Å². The van der Waals surface area contributed by atoms with Crippen LogP contribution in [0.1, 0.15) is 12.5 Å². The molecule has 1 atom stereocenters. The van der Waals surface area contributed by atoms with Crippen LogP contribution in [0.5, 0.6) is 11.5 Å². The van der Waals surface area contributed by atoms with Crippen LogP contribution < -0.4 is 20.1 Å². The lowest BCUT2D eigenvalue weighted by Gasteiger charge is -2.16. The summed E-state index contributed by atoms with van der Waals surface area (Å²) in [5.74, 6) is 0.723. The van der Waals surface area contributed by atoms with Crippen molar-refractivity contribution in [1.82, 2.24) is 0 Å². The van der Waals surface area contributed by atoms with Crippen LogP contribution in [0, 0.1) is 0 Å². The molecule has 0 spiro atoms. The van der Waals surface area contributed by atoms with Crippen molar-refractivity contribution in [2.45, 2.75) is 19.1 Å². The average Bonchev–Trinajstić information content (AvgIpc) is 3.02. The molecule has 1 unspecified atom stereocenters. The SMILES string of the molecule is CC(Nc1cccc(C(F)(F)F)c1)C(=O)Nc1ccc2c(c1)OCO2. The predicted octanol–water partition coefficient (Wildman–Crippen LogP) is 3.87. The maximum Gasteiger partial charge on any atom is 0.416 e. The predicted molar refractivity (Wildman–Crippen MR) is 85.7 cm³/mol. The van der Waals surface area contributed by atoms with Gasteiger partial charge in [-0.15, -0.1) is 0 Å². The lowest BCUT2D eigenvalue weighted by Crippen LogP contribution is -2.31. The van der Waals surface area contributed by atoms with Crippen molar-refractivity contribution in [2.75, 3.05) is 17.4 Å². The van der Waals surface area contributed by atoms with Crippen molar-refractivity contribution in [1.29, 1.82) is 0 Å². The first-order valence-electron chi connectivity index (χ1n) is 7.47. The van der Waals surface area contributed by atoms with Crippen LogP contribution in [0.25, 0.3) is 0 Å². The molecule has 2 N–H and O–H groups in total. The van der Waals surface area contributed by atoms with E-state index in [1.54, 1.807) is 25.1 Å². The highest BCUT2D eigenvalue weighted by Gasteiger charge is 2.30. The third-order valence-corrected chi connectivity index (χ3v) is 3.61. The molecule has 3 rings (SSSR count). The van der Waals surface area contributed by atoms with Gasteiger partial charge >= 0.3 is 6.18 Å². The molecule has 5 nitrogen and oxygen atoms in total. The van der Waals surface area contributed by atoms with Gasteiger partial charge in [-0.2, -0.15) is 13.2 Å². The normalized spacial score (nSPS) is 14.1. The van der Waals surface area contributed by atoms with Gasteiger partial charge in [0.1, 0.15) is 6.04 Å². The minimum atomic E-state index is -4.43. The highest BCUT2D eigenvalue weighted by Crippen LogP contribution is 2.34. The van der Waals surface area contributed by atoms with Crippen molar-refractivity contribution >= 4 is 17.3 Å². The van der Waals surface area contributed by atoms with Gasteiger partial charge in [0.15, 0.2) is 11.5 Å². The van der Waals surface area contributed by atoms with Gasteiger partial charge < -0.3 is 20.1 Å². The second kappa shape index (κ2) is 6.54. The molecular weight excluding hydrogens is 337 g/mol. The summed E-state index contributed by atoms with van der Waals surface area (Å²) in [6, 6.07) is 8.90. The van der Waals surface area contributed by atoms with Gasteiger partial charge in [0.05, 0.1) is 5.56 Å². The van der Waals surface area contributed by atoms with E-state index in [1.165, 1.54) is 12.1 Å². The molecule has 132 valence electrons. The van der Waals surface area contributed by atoms with Crippen molar-refractivity contribution in [3.63, 3.8) is 0 Å². The van der Waals surface area contributed by atoms with E-state index in [1.807, 2.05) is 0 Å². The number of anilines is 2. The topological polar surface area (TPSA) is 59.6 Å². The number of rotatable bonds is 4. The van der Waals surface area contributed by atoms with E-state index >= 15 is 0 Å². The minimum Gasteiger partial charge on any atom is -0.454 e. The standard InChI is InChI=1S/C17H15F3N2O3/c1-10(21-12-4-2-3-11(7-12)17(18,19)20)16(23)22-13-5-6-14-15(8-13)25-9-24-14/h2-8,10,21H,9H2,1H3,(H,22,23). The molecule has 1 amide bonds. The largest absolute Gasteiger partial charge is 0.454 e. The number of amides is 1. The molecule has 25 heavy (non-hydrogen) atoms. The van der Waals surface area contributed by atoms with Crippen molar-refractivity contribution < 1.29 is 27.4 Å². The molecule has 2 aromatic carbocycles. The summed E-state index contributed by atoms with van der Waals surface area (Å²) in [6.07, 6.45) is -4.43. The summed E-state index contributed by atoms with van der Waals surface area (Å²) < 4.78 is 48.6. The fraction of sp³-hybridized carbons (Fsp3) is 0.235. The Labute approximate surface area is 141 Å². The third-order valence-electron chi connectivity index (χ3n) is 3.61. The third kappa shape index (κ3) is 3.96. The lowest BCUT2D eigenvalue weighted by atomic mass is 10.1. The second-order valence-electron chi connectivity index (χ2n) is 5.50. The zero-order chi connectivity index (χ0) is 18.0. The summed E-state index contributed by atoms with van der Waals surface area (Å²) >= 11 is 0. The molecular formula is C17H15F3N2O3. The number of carbonyl (C=O) groups is 1. The van der Waals surface area contributed by atoms with E-state index in [2.05, 4.69) is 10.6 Å². The van der Waals surface area contributed by atoms with Gasteiger partial charge in [0.2, 0.25) is 12.7 Å². The van der Waals surface area contributed by atoms with Crippen LogP contribution in [0.2, 0.25) is 0 Å². The van der Waals surface area contributed by atoms with E-state index < -0.39 is 23.7 Å². The molecule has 1 aliphatic rings. The molecule has 0 saturated heterocycles. The smallest absolute Gasteiger partial charge is 0.416 e. The Morgan fingerprint density at radius 2 is 1.84 bits per heavy atom. The van der Waals surface area contributed by atoms with Crippen LogP contribution in [0.3, 0.4) is 0 Å². The Morgan fingerprint density at radius 1 is 1.08 bits per heavy atom. The van der Waals surface area contributed by atoms with Crippen LogP contribution >= 0.6 is 0 Å². The molecule has 8 heteroatoms. The fourth-order valence-electron chi connectivity index (χ4n) is 2.33. The van der Waals surface area contributed by atoms with Gasteiger partial charge in [-0.25, -0.2) is 0 Å². The van der Waals surface area contributed by atoms with E-state index in [0.29, 0.717) is 17.2 Å². The quantitative estimate of drug-likeness (QED) is 0.877. The molecule has 0 saturated carbocycles. The van der Waals surface area contributed by atoms with E-state index in [-0.39, 0.29) is 12.5 Å². The minimum absolute atomic E-state index is 0.125. The second-order valence-corrected chi connectivity index (χ2v) is 5.50. The molecule has 1 aliphatic heterocycles. The first-order chi connectivity index (χ1) is 11.8. The van der Waals surface area contributed by atoms with Gasteiger partial charge in [-0.05, 0) is 37.3 Å². The van der Waals surface area contributed by atoms with Gasteiger partial charge in [0.25, 0.3) is 0 Å². The average molecular weight is 352 g/mol. The molecule has 1 heterocycles. The monoisotopic (exact) mass is 352 g/mol. The molecule has 0 fully saturated rings. The van der Waals surface area contributed by atoms with Crippen molar-refractivity contribution in [3.05, 3.63) is 48.0 Å². The molecule has 2 aromatic rings. The Balaban J connectivity index is 1.65. The van der Waals surface area contributed by atoms with Crippen LogP contribution in [0.15, 0.2) is 42.5 Å². The zero-order valence-electron chi connectivity index (χ0n) is 13.2. The summed E-state index contributed by atoms with van der Waals surface area (Å²) in [6.45, 7) is 1.68. The number of alkyl halides is 3. The maximum atomic E-state index is 12.7. The Hall–Kier alpha value is -2.90. The summed E-state index contributed by atoms with van der Waals surface area (Å²) in [5.41, 5.74) is -0.0593. The number of hydrogen-bond acceptors (Lipinski definition) is 4. The number of hydrogen-bond donors (Lipinski definition) is 2. The van der Waals surface area contributed by atoms with E-state index in [0.717, 1.165) is 12.1 Å². The van der Waals surface area contributed by atoms with Gasteiger partial charge in [0, 0.05) is 17.4 Å². The number of carbonyl (C=O) groups excluding carboxylic acids is 1. The van der Waals surface area contributed by atoms with E-state index in [9.17, 15) is 18.0 Å². The Morgan fingerprint density at radius 3 is 2.60 bits per heavy atom. The highest BCUT2D eigenvalue weighted by atomic mass is 19.4. The van der Waals surface area contributed by atoms with Crippen LogP contribution in [-0.2, 0) is 11.0 Å². The first kappa shape index (κ1) is 16.9. The van der Waals surface area contributed by atoms with Crippen LogP contribution in [0.4, 0.5) is 24.5 Å². The van der Waals surface area contributed by atoms with Crippen LogP contribution in [-0.4, -0.2) is 18.7 Å². The summed E-state index contributed by atoms with van der Waals surface area (Å²) in [4.78, 5) is 12.2.